The molecule has 3 N–H and O–H groups in total. The summed E-state index contributed by atoms with van der Waals surface area (Å²) >= 11 is 1.68. The van der Waals surface area contributed by atoms with Gasteiger partial charge in [-0.2, -0.15) is 0 Å². The number of hydrogen-bond acceptors (Lipinski definition) is 6. The molecule has 1 aliphatic rings. The predicted octanol–water partition coefficient (Wildman–Crippen LogP) is 5.16. The zero-order valence-electron chi connectivity index (χ0n) is 17.2. The zero-order valence-corrected chi connectivity index (χ0v) is 18.1. The first kappa shape index (κ1) is 19.8. The van der Waals surface area contributed by atoms with E-state index < -0.39 is 0 Å². The van der Waals surface area contributed by atoms with E-state index in [2.05, 4.69) is 40.0 Å². The average Bonchev–Trinajstić information content (AvgIpc) is 3.55. The number of nitrogens with zero attached hydrogens (tertiary/aromatic N) is 3. The second-order valence-electron chi connectivity index (χ2n) is 8.03. The Morgan fingerprint density at radius 1 is 1.10 bits per heavy atom. The van der Waals surface area contributed by atoms with E-state index in [9.17, 15) is 0 Å². The number of fused-ring (bicyclic) bond motifs is 1. The molecule has 1 atom stereocenters. The van der Waals surface area contributed by atoms with Crippen molar-refractivity contribution in [3.8, 4) is 11.4 Å². The molecule has 6 heteroatoms. The van der Waals surface area contributed by atoms with Crippen LogP contribution in [0.5, 0.6) is 0 Å². The van der Waals surface area contributed by atoms with E-state index in [1.165, 1.54) is 18.4 Å². The van der Waals surface area contributed by atoms with Crippen molar-refractivity contribution in [1.82, 2.24) is 15.0 Å². The summed E-state index contributed by atoms with van der Waals surface area (Å²) in [5.74, 6) is 2.27. The van der Waals surface area contributed by atoms with Crippen LogP contribution in [0.3, 0.4) is 0 Å². The fourth-order valence-corrected chi connectivity index (χ4v) is 4.49. The number of aromatic nitrogens is 3. The maximum absolute atomic E-state index is 6.42. The number of anilines is 1. The highest BCUT2D eigenvalue weighted by molar-refractivity contribution is 7.18. The van der Waals surface area contributed by atoms with Gasteiger partial charge in [0, 0.05) is 41.5 Å². The van der Waals surface area contributed by atoms with Gasteiger partial charge in [-0.15, -0.1) is 11.3 Å². The normalized spacial score (nSPS) is 14.9. The molecule has 0 spiro atoms. The van der Waals surface area contributed by atoms with Gasteiger partial charge < -0.3 is 11.1 Å². The Morgan fingerprint density at radius 3 is 2.68 bits per heavy atom. The standard InChI is InChI=1S/C25H25N5S/c26-21(14-18-4-2-1-3-5-18)15-28-25-23-22(20(16-31-23)9-8-17-6-7-17)29-24(30-25)19-10-12-27-13-11-19/h1-5,8-13,16-17,21H,6-7,14-15,26H2,(H,28,29,30)/b9-8+. The number of benzene rings is 1. The van der Waals surface area contributed by atoms with E-state index >= 15 is 0 Å². The average molecular weight is 428 g/mol. The van der Waals surface area contributed by atoms with Gasteiger partial charge in [-0.25, -0.2) is 9.97 Å². The largest absolute Gasteiger partial charge is 0.367 e. The summed E-state index contributed by atoms with van der Waals surface area (Å²) in [5.41, 5.74) is 10.8. The van der Waals surface area contributed by atoms with Gasteiger partial charge in [0.05, 0.1) is 10.2 Å². The molecule has 1 aliphatic carbocycles. The molecule has 0 saturated heterocycles. The van der Waals surface area contributed by atoms with Crippen LogP contribution in [-0.4, -0.2) is 27.5 Å². The number of nitrogens with two attached hydrogens (primary N) is 1. The lowest BCUT2D eigenvalue weighted by molar-refractivity contribution is 0.698. The Balaban J connectivity index is 1.44. The SMILES string of the molecule is NC(CNc1nc(-c2ccncc2)nc2c(/C=C/C3CC3)csc12)Cc1ccccc1. The fourth-order valence-electron chi connectivity index (χ4n) is 3.55. The molecule has 0 amide bonds. The molecule has 3 aromatic heterocycles. The minimum atomic E-state index is -0.00835. The molecule has 0 radical (unpaired) electrons. The van der Waals surface area contributed by atoms with Crippen LogP contribution in [0.4, 0.5) is 5.82 Å². The van der Waals surface area contributed by atoms with Crippen LogP contribution in [0.2, 0.25) is 0 Å². The van der Waals surface area contributed by atoms with Gasteiger partial charge >= 0.3 is 0 Å². The van der Waals surface area contributed by atoms with Crippen molar-refractivity contribution >= 4 is 33.4 Å². The van der Waals surface area contributed by atoms with Crippen LogP contribution in [0.15, 0.2) is 66.3 Å². The van der Waals surface area contributed by atoms with Gasteiger partial charge in [0.2, 0.25) is 0 Å². The summed E-state index contributed by atoms with van der Waals surface area (Å²) in [6, 6.07) is 14.2. The summed E-state index contributed by atoms with van der Waals surface area (Å²) in [6.07, 6.45) is 11.5. The number of pyridine rings is 1. The lowest BCUT2D eigenvalue weighted by atomic mass is 10.1. The smallest absolute Gasteiger partial charge is 0.162 e. The summed E-state index contributed by atoms with van der Waals surface area (Å²) in [4.78, 5) is 13.9. The van der Waals surface area contributed by atoms with E-state index in [0.29, 0.717) is 12.4 Å². The fraction of sp³-hybridized carbons (Fsp3) is 0.240. The molecule has 5 rings (SSSR count). The molecule has 0 aliphatic heterocycles. The van der Waals surface area contributed by atoms with E-state index in [1.807, 2.05) is 30.3 Å². The highest BCUT2D eigenvalue weighted by Gasteiger charge is 2.18. The molecule has 5 nitrogen and oxygen atoms in total. The maximum Gasteiger partial charge on any atom is 0.162 e. The van der Waals surface area contributed by atoms with Crippen molar-refractivity contribution in [3.05, 3.63) is 77.4 Å². The Morgan fingerprint density at radius 2 is 1.90 bits per heavy atom. The minimum absolute atomic E-state index is 0.00835. The van der Waals surface area contributed by atoms with Crippen LogP contribution in [0.1, 0.15) is 24.0 Å². The zero-order chi connectivity index (χ0) is 21.0. The first-order valence-corrected chi connectivity index (χ1v) is 11.6. The van der Waals surface area contributed by atoms with Crippen molar-refractivity contribution in [3.63, 3.8) is 0 Å². The van der Waals surface area contributed by atoms with E-state index in [-0.39, 0.29) is 6.04 Å². The van der Waals surface area contributed by atoms with Gasteiger partial charge in [0.15, 0.2) is 5.82 Å². The third-order valence-electron chi connectivity index (χ3n) is 5.42. The Labute approximate surface area is 186 Å². The predicted molar refractivity (Wildman–Crippen MR) is 129 cm³/mol. The molecular weight excluding hydrogens is 402 g/mol. The van der Waals surface area contributed by atoms with E-state index in [0.717, 1.165) is 39.5 Å². The number of thiophene rings is 1. The second kappa shape index (κ2) is 8.96. The quantitative estimate of drug-likeness (QED) is 0.406. The molecule has 1 fully saturated rings. The van der Waals surface area contributed by atoms with Crippen LogP contribution >= 0.6 is 11.3 Å². The number of allylic oxidation sites excluding steroid dienone is 1. The molecule has 1 saturated carbocycles. The van der Waals surface area contributed by atoms with Gasteiger partial charge in [0.25, 0.3) is 0 Å². The third-order valence-corrected chi connectivity index (χ3v) is 6.42. The minimum Gasteiger partial charge on any atom is -0.367 e. The lowest BCUT2D eigenvalue weighted by Gasteiger charge is -2.14. The van der Waals surface area contributed by atoms with Crippen LogP contribution in [0.25, 0.3) is 27.7 Å². The Kier molecular flexibility index (Phi) is 5.74. The third kappa shape index (κ3) is 4.81. The molecule has 156 valence electrons. The summed E-state index contributed by atoms with van der Waals surface area (Å²) in [7, 11) is 0. The number of hydrogen-bond donors (Lipinski definition) is 2. The summed E-state index contributed by atoms with van der Waals surface area (Å²) in [6.45, 7) is 0.641. The van der Waals surface area contributed by atoms with Gasteiger partial charge in [-0.3, -0.25) is 4.98 Å². The number of nitrogens with one attached hydrogen (secondary N) is 1. The second-order valence-corrected chi connectivity index (χ2v) is 8.91. The van der Waals surface area contributed by atoms with Crippen molar-refractivity contribution in [1.29, 1.82) is 0 Å². The van der Waals surface area contributed by atoms with Crippen LogP contribution in [0, 0.1) is 5.92 Å². The van der Waals surface area contributed by atoms with Crippen molar-refractivity contribution in [2.45, 2.75) is 25.3 Å². The van der Waals surface area contributed by atoms with Crippen molar-refractivity contribution in [2.75, 3.05) is 11.9 Å². The molecular formula is C25H25N5S. The molecule has 0 bridgehead atoms. The summed E-state index contributed by atoms with van der Waals surface area (Å²) < 4.78 is 1.07. The van der Waals surface area contributed by atoms with E-state index in [1.54, 1.807) is 23.7 Å². The highest BCUT2D eigenvalue weighted by atomic mass is 32.1. The highest BCUT2D eigenvalue weighted by Crippen LogP contribution is 2.35. The first-order valence-electron chi connectivity index (χ1n) is 10.7. The van der Waals surface area contributed by atoms with E-state index in [4.69, 9.17) is 15.7 Å². The van der Waals surface area contributed by atoms with Gasteiger partial charge in [-0.05, 0) is 42.9 Å². The molecule has 1 unspecified atom stereocenters. The molecule has 3 heterocycles. The molecule has 31 heavy (non-hydrogen) atoms. The Bertz CT molecular complexity index is 1180. The maximum atomic E-state index is 6.42. The molecule has 4 aromatic rings. The van der Waals surface area contributed by atoms with Crippen molar-refractivity contribution in [2.24, 2.45) is 11.7 Å². The topological polar surface area (TPSA) is 76.7 Å². The number of rotatable bonds is 8. The monoisotopic (exact) mass is 427 g/mol. The Hall–Kier alpha value is -3.09. The van der Waals surface area contributed by atoms with Crippen molar-refractivity contribution < 1.29 is 0 Å². The first-order chi connectivity index (χ1) is 15.3. The van der Waals surface area contributed by atoms with Crippen LogP contribution < -0.4 is 11.1 Å². The molecule has 1 aromatic carbocycles. The lowest BCUT2D eigenvalue weighted by Crippen LogP contribution is -2.31. The van der Waals surface area contributed by atoms with Gasteiger partial charge in [0.1, 0.15) is 5.82 Å². The van der Waals surface area contributed by atoms with Crippen LogP contribution in [-0.2, 0) is 6.42 Å². The van der Waals surface area contributed by atoms with Gasteiger partial charge in [-0.1, -0.05) is 42.5 Å². The summed E-state index contributed by atoms with van der Waals surface area (Å²) in [5, 5.41) is 5.67.